The van der Waals surface area contributed by atoms with E-state index in [1.165, 1.54) is 30.0 Å². The number of hydrazone groups is 1. The van der Waals surface area contributed by atoms with Crippen LogP contribution in [0.25, 0.3) is 0 Å². The summed E-state index contributed by atoms with van der Waals surface area (Å²) in [6, 6.07) is 11.3. The summed E-state index contributed by atoms with van der Waals surface area (Å²) in [6.07, 6.45) is 2.64. The molecule has 0 spiro atoms. The Labute approximate surface area is 172 Å². The van der Waals surface area contributed by atoms with Gasteiger partial charge in [-0.15, -0.1) is 0 Å². The van der Waals surface area contributed by atoms with E-state index in [1.54, 1.807) is 0 Å². The maximum Gasteiger partial charge on any atom is 0.270 e. The highest BCUT2D eigenvalue weighted by Crippen LogP contribution is 2.22. The summed E-state index contributed by atoms with van der Waals surface area (Å²) in [5.41, 5.74) is 3.64. The molecule has 0 aliphatic carbocycles. The van der Waals surface area contributed by atoms with E-state index in [1.807, 2.05) is 24.3 Å². The van der Waals surface area contributed by atoms with E-state index in [-0.39, 0.29) is 28.8 Å². The Kier molecular flexibility index (Phi) is 6.79. The average Bonchev–Trinajstić information content (AvgIpc) is 2.71. The van der Waals surface area contributed by atoms with Crippen LogP contribution in [0.5, 0.6) is 5.75 Å². The molecule has 0 atom stereocenters. The molecule has 2 N–H and O–H groups in total. The average molecular weight is 417 g/mol. The number of likely N-dealkylation sites (tertiary alicyclic amines) is 1. The van der Waals surface area contributed by atoms with Gasteiger partial charge in [0.05, 0.1) is 11.1 Å². The number of nitro benzene ring substituents is 1. The van der Waals surface area contributed by atoms with Gasteiger partial charge in [0.1, 0.15) is 5.75 Å². The van der Waals surface area contributed by atoms with Crippen LogP contribution in [0.15, 0.2) is 47.6 Å². The smallest absolute Gasteiger partial charge is 0.270 e. The molecule has 2 aromatic carbocycles. The van der Waals surface area contributed by atoms with Crippen LogP contribution in [0.1, 0.15) is 24.0 Å². The molecule has 29 heavy (non-hydrogen) atoms. The molecule has 1 saturated heterocycles. The standard InChI is InChI=1S/C20H21ClN4O4/c21-17-3-1-14(2-4-17)13-24-9-7-15(8-10-24)20(27)23-22-12-16-11-18(25(28)29)5-6-19(16)26/h1-6,11-12,15,26H,7-10,13H2,(H,23,27)/b22-12-. The number of rotatable bonds is 6. The fourth-order valence-electron chi connectivity index (χ4n) is 3.22. The summed E-state index contributed by atoms with van der Waals surface area (Å²) >= 11 is 5.91. The first-order valence-corrected chi connectivity index (χ1v) is 9.57. The highest BCUT2D eigenvalue weighted by molar-refractivity contribution is 6.30. The van der Waals surface area contributed by atoms with Gasteiger partial charge in [-0.3, -0.25) is 19.8 Å². The molecule has 1 heterocycles. The Morgan fingerprint density at radius 1 is 1.28 bits per heavy atom. The fourth-order valence-corrected chi connectivity index (χ4v) is 3.34. The van der Waals surface area contributed by atoms with Crippen molar-refractivity contribution in [2.24, 2.45) is 11.0 Å². The number of phenols is 1. The molecule has 3 rings (SSSR count). The van der Waals surface area contributed by atoms with E-state index in [0.29, 0.717) is 5.02 Å². The lowest BCUT2D eigenvalue weighted by Gasteiger charge is -2.30. The number of piperidine rings is 1. The second-order valence-electron chi connectivity index (χ2n) is 6.91. The molecule has 2 aromatic rings. The summed E-state index contributed by atoms with van der Waals surface area (Å²) in [7, 11) is 0. The van der Waals surface area contributed by atoms with Crippen LogP contribution in [-0.4, -0.2) is 40.1 Å². The molecule has 9 heteroatoms. The first-order chi connectivity index (χ1) is 13.9. The number of nitro groups is 1. The normalized spacial score (nSPS) is 15.5. The number of non-ortho nitro benzene ring substituents is 1. The van der Waals surface area contributed by atoms with Crippen LogP contribution in [-0.2, 0) is 11.3 Å². The van der Waals surface area contributed by atoms with Crippen LogP contribution in [0, 0.1) is 16.0 Å². The van der Waals surface area contributed by atoms with Crippen molar-refractivity contribution in [3.63, 3.8) is 0 Å². The minimum absolute atomic E-state index is 0.146. The number of carbonyl (C=O) groups excluding carboxylic acids is 1. The van der Waals surface area contributed by atoms with Gasteiger partial charge in [0.15, 0.2) is 0 Å². The minimum atomic E-state index is -0.562. The number of aromatic hydroxyl groups is 1. The number of nitrogens with one attached hydrogen (secondary N) is 1. The largest absolute Gasteiger partial charge is 0.507 e. The van der Waals surface area contributed by atoms with Crippen molar-refractivity contribution in [2.75, 3.05) is 13.1 Å². The molecule has 0 unspecified atom stereocenters. The lowest BCUT2D eigenvalue weighted by atomic mass is 9.96. The van der Waals surface area contributed by atoms with Crippen molar-refractivity contribution in [3.8, 4) is 5.75 Å². The van der Waals surface area contributed by atoms with E-state index in [0.717, 1.165) is 32.5 Å². The number of amides is 1. The molecular weight excluding hydrogens is 396 g/mol. The summed E-state index contributed by atoms with van der Waals surface area (Å²) < 4.78 is 0. The van der Waals surface area contributed by atoms with Gasteiger partial charge in [-0.2, -0.15) is 5.10 Å². The van der Waals surface area contributed by atoms with E-state index in [9.17, 15) is 20.0 Å². The number of phenolic OH excluding ortho intramolecular Hbond substituents is 1. The molecule has 1 aliphatic heterocycles. The Hall–Kier alpha value is -2.97. The zero-order valence-electron chi connectivity index (χ0n) is 15.6. The van der Waals surface area contributed by atoms with Gasteiger partial charge in [-0.1, -0.05) is 23.7 Å². The Bertz CT molecular complexity index is 909. The number of halogens is 1. The number of carbonyl (C=O) groups is 1. The van der Waals surface area contributed by atoms with Crippen LogP contribution in [0.3, 0.4) is 0 Å². The Morgan fingerprint density at radius 2 is 1.97 bits per heavy atom. The molecule has 0 bridgehead atoms. The van der Waals surface area contributed by atoms with Gasteiger partial charge >= 0.3 is 0 Å². The first kappa shape index (κ1) is 20.8. The second kappa shape index (κ2) is 9.49. The summed E-state index contributed by atoms with van der Waals surface area (Å²) in [6.45, 7) is 2.42. The first-order valence-electron chi connectivity index (χ1n) is 9.19. The number of hydrogen-bond acceptors (Lipinski definition) is 6. The van der Waals surface area contributed by atoms with Crippen LogP contribution < -0.4 is 5.43 Å². The number of hydrogen-bond donors (Lipinski definition) is 2. The highest BCUT2D eigenvalue weighted by Gasteiger charge is 2.24. The van der Waals surface area contributed by atoms with E-state index >= 15 is 0 Å². The SMILES string of the molecule is O=C(N/N=C\c1cc([N+](=O)[O-])ccc1O)C1CCN(Cc2ccc(Cl)cc2)CC1. The van der Waals surface area contributed by atoms with Gasteiger partial charge in [0, 0.05) is 35.2 Å². The molecule has 152 valence electrons. The van der Waals surface area contributed by atoms with E-state index in [4.69, 9.17) is 11.6 Å². The summed E-state index contributed by atoms with van der Waals surface area (Å²) in [5.74, 6) is -0.492. The van der Waals surface area contributed by atoms with Crippen molar-refractivity contribution in [1.82, 2.24) is 10.3 Å². The third kappa shape index (κ3) is 5.75. The molecule has 1 fully saturated rings. The van der Waals surface area contributed by atoms with E-state index < -0.39 is 4.92 Å². The van der Waals surface area contributed by atoms with Gasteiger partial charge in [0.25, 0.3) is 5.69 Å². The third-order valence-electron chi connectivity index (χ3n) is 4.88. The molecule has 0 radical (unpaired) electrons. The maximum atomic E-state index is 12.3. The maximum absolute atomic E-state index is 12.3. The monoisotopic (exact) mass is 416 g/mol. The molecule has 1 aliphatic rings. The lowest BCUT2D eigenvalue weighted by molar-refractivity contribution is -0.384. The van der Waals surface area contributed by atoms with Gasteiger partial charge < -0.3 is 5.11 Å². The topological polar surface area (TPSA) is 108 Å². The van der Waals surface area contributed by atoms with Crippen molar-refractivity contribution in [2.45, 2.75) is 19.4 Å². The predicted octanol–water partition coefficient (Wildman–Crippen LogP) is 3.32. The summed E-state index contributed by atoms with van der Waals surface area (Å²) in [4.78, 5) is 24.9. The number of benzene rings is 2. The highest BCUT2D eigenvalue weighted by atomic mass is 35.5. The van der Waals surface area contributed by atoms with Crippen LogP contribution in [0.4, 0.5) is 5.69 Å². The van der Waals surface area contributed by atoms with Gasteiger partial charge in [-0.25, -0.2) is 5.43 Å². The number of nitrogens with zero attached hydrogens (tertiary/aromatic N) is 3. The van der Waals surface area contributed by atoms with Crippen molar-refractivity contribution < 1.29 is 14.8 Å². The van der Waals surface area contributed by atoms with Crippen LogP contribution in [0.2, 0.25) is 5.02 Å². The molecule has 8 nitrogen and oxygen atoms in total. The Balaban J connectivity index is 1.48. The minimum Gasteiger partial charge on any atom is -0.507 e. The Morgan fingerprint density at radius 3 is 2.62 bits per heavy atom. The molecular formula is C20H21ClN4O4. The van der Waals surface area contributed by atoms with Gasteiger partial charge in [0.2, 0.25) is 5.91 Å². The van der Waals surface area contributed by atoms with Crippen molar-refractivity contribution in [3.05, 3.63) is 68.7 Å². The van der Waals surface area contributed by atoms with E-state index in [2.05, 4.69) is 15.4 Å². The quantitative estimate of drug-likeness (QED) is 0.426. The zero-order valence-corrected chi connectivity index (χ0v) is 16.4. The lowest BCUT2D eigenvalue weighted by Crippen LogP contribution is -2.39. The molecule has 0 aromatic heterocycles. The molecule has 0 saturated carbocycles. The predicted molar refractivity (Wildman–Crippen MR) is 110 cm³/mol. The van der Waals surface area contributed by atoms with Crippen LogP contribution >= 0.6 is 11.6 Å². The third-order valence-corrected chi connectivity index (χ3v) is 5.13. The van der Waals surface area contributed by atoms with Crippen molar-refractivity contribution in [1.29, 1.82) is 0 Å². The van der Waals surface area contributed by atoms with Gasteiger partial charge in [-0.05, 0) is 49.7 Å². The molecule has 1 amide bonds. The van der Waals surface area contributed by atoms with Crippen molar-refractivity contribution >= 4 is 29.4 Å². The fraction of sp³-hybridized carbons (Fsp3) is 0.300. The second-order valence-corrected chi connectivity index (χ2v) is 7.35. The zero-order chi connectivity index (χ0) is 20.8. The summed E-state index contributed by atoms with van der Waals surface area (Å²) in [5, 5.41) is 25.1.